The molecule has 2 amide bonds. The molecule has 4 N–H and O–H groups in total. The van der Waals surface area contributed by atoms with Crippen molar-refractivity contribution in [3.8, 4) is 0 Å². The van der Waals surface area contributed by atoms with Crippen molar-refractivity contribution in [2.24, 2.45) is 5.16 Å². The summed E-state index contributed by atoms with van der Waals surface area (Å²) in [6, 6.07) is 7.25. The average Bonchev–Trinajstić information content (AvgIpc) is 3.20. The van der Waals surface area contributed by atoms with Crippen molar-refractivity contribution in [3.05, 3.63) is 56.6 Å². The number of aromatic nitrogens is 1. The number of carbonyl (C=O) groups is 4. The van der Waals surface area contributed by atoms with Gasteiger partial charge < -0.3 is 25.7 Å². The number of hydrogen-bond acceptors (Lipinski definition) is 11. The summed E-state index contributed by atoms with van der Waals surface area (Å²) in [7, 11) is 1.25. The number of nitrogens with one attached hydrogen (secondary N) is 1. The number of nitrogens with zero attached hydrogens (tertiary/aromatic N) is 3. The highest BCUT2D eigenvalue weighted by Crippen LogP contribution is 2.40. The van der Waals surface area contributed by atoms with Crippen LogP contribution in [0.2, 0.25) is 0 Å². The minimum atomic E-state index is -1.34. The summed E-state index contributed by atoms with van der Waals surface area (Å²) in [5.41, 5.74) is 5.96. The number of ether oxygens (including phenoxy) is 1. The number of hydrogen-bond donors (Lipinski definition) is 3. The maximum absolute atomic E-state index is 12.9. The molecule has 2 aliphatic heterocycles. The van der Waals surface area contributed by atoms with E-state index in [4.69, 9.17) is 15.3 Å². The van der Waals surface area contributed by atoms with E-state index in [1.807, 2.05) is 0 Å². The van der Waals surface area contributed by atoms with Gasteiger partial charge in [0.25, 0.3) is 11.8 Å². The molecule has 36 heavy (non-hydrogen) atoms. The van der Waals surface area contributed by atoms with Gasteiger partial charge in [-0.3, -0.25) is 14.5 Å². The number of fused-ring (bicyclic) bond motifs is 1. The number of carbonyl (C=O) groups excluding carboxylic acids is 3. The number of anilines is 1. The van der Waals surface area contributed by atoms with Gasteiger partial charge in [0.1, 0.15) is 40.3 Å². The molecule has 15 heteroatoms. The normalized spacial score (nSPS) is 19.3. The molecule has 188 valence electrons. The van der Waals surface area contributed by atoms with Gasteiger partial charge in [-0.25, -0.2) is 14.6 Å². The lowest BCUT2D eigenvalue weighted by Gasteiger charge is -2.49. The van der Waals surface area contributed by atoms with Crippen molar-refractivity contribution in [1.82, 2.24) is 15.2 Å². The van der Waals surface area contributed by atoms with Crippen LogP contribution in [0, 0.1) is 0 Å². The summed E-state index contributed by atoms with van der Waals surface area (Å²) in [5, 5.41) is 15.6. The van der Waals surface area contributed by atoms with Crippen LogP contribution in [-0.2, 0) is 24.0 Å². The van der Waals surface area contributed by atoms with Crippen molar-refractivity contribution in [3.63, 3.8) is 0 Å². The number of thioether (sulfide) groups is 1. The van der Waals surface area contributed by atoms with Gasteiger partial charge in [-0.2, -0.15) is 0 Å². The number of carboxylic acid groups (broad SMARTS) is 1. The zero-order chi connectivity index (χ0) is 26.0. The first-order valence-corrected chi connectivity index (χ1v) is 12.8. The van der Waals surface area contributed by atoms with Crippen LogP contribution in [0.1, 0.15) is 16.1 Å². The topological polar surface area (TPSA) is 174 Å². The van der Waals surface area contributed by atoms with Crippen LogP contribution in [0.3, 0.4) is 0 Å². The van der Waals surface area contributed by atoms with Crippen molar-refractivity contribution in [1.29, 1.82) is 0 Å². The molecule has 1 unspecified atom stereocenters. The van der Waals surface area contributed by atoms with Crippen molar-refractivity contribution < 1.29 is 33.9 Å². The standard InChI is InChI=1S/C21H18BrN5O7S2/c1-33-26-12(11-15(22)36-21(23)25-11)16(28)24-13-17(29)27-14(19(30)31)10(8-35-18(13)27)7-34-20(32)9-5-3-2-4-6-9/h2-6,13,18H,7-8H2,1H3,(H2,23,25)(H,24,28)(H,30,31)/b26-12-/t13?,18-/m1/s1. The largest absolute Gasteiger partial charge is 0.477 e. The van der Waals surface area contributed by atoms with Crippen LogP contribution in [0.25, 0.3) is 0 Å². The lowest BCUT2D eigenvalue weighted by molar-refractivity contribution is -0.150. The van der Waals surface area contributed by atoms with Gasteiger partial charge in [-0.1, -0.05) is 34.7 Å². The molecule has 4 rings (SSSR count). The number of aliphatic carboxylic acids is 1. The fourth-order valence-corrected chi connectivity index (χ4v) is 6.22. The number of carboxylic acids is 1. The maximum atomic E-state index is 12.9. The molecular formula is C21H18BrN5O7S2. The second-order valence-electron chi connectivity index (χ2n) is 7.36. The Morgan fingerprint density at radius 3 is 2.67 bits per heavy atom. The lowest BCUT2D eigenvalue weighted by atomic mass is 10.0. The first kappa shape index (κ1) is 25.7. The Hall–Kier alpha value is -3.43. The number of β-lactam (4-membered cyclic amide) rings is 1. The van der Waals surface area contributed by atoms with Gasteiger partial charge in [0, 0.05) is 11.3 Å². The number of amides is 2. The highest BCUT2D eigenvalue weighted by atomic mass is 79.9. The summed E-state index contributed by atoms with van der Waals surface area (Å²) >= 11 is 5.59. The third kappa shape index (κ3) is 4.94. The molecular weight excluding hydrogens is 578 g/mol. The lowest BCUT2D eigenvalue weighted by Crippen LogP contribution is -2.71. The Balaban J connectivity index is 1.48. The molecule has 0 saturated carbocycles. The van der Waals surface area contributed by atoms with E-state index in [1.54, 1.807) is 30.3 Å². The molecule has 0 aliphatic carbocycles. The first-order valence-electron chi connectivity index (χ1n) is 10.2. The SMILES string of the molecule is CO/N=C(\C(=O)NC1C(=O)N2C(C(=O)O)=C(COC(=O)c3ccccc3)CS[C@H]12)c1nc(N)sc1Br. The summed E-state index contributed by atoms with van der Waals surface area (Å²) in [4.78, 5) is 60.0. The molecule has 2 aromatic rings. The number of thiazole rings is 1. The number of esters is 1. The summed E-state index contributed by atoms with van der Waals surface area (Å²) in [6.07, 6.45) is 0. The second-order valence-corrected chi connectivity index (χ2v) is 10.8. The van der Waals surface area contributed by atoms with Gasteiger partial charge >= 0.3 is 11.9 Å². The minimum Gasteiger partial charge on any atom is -0.477 e. The van der Waals surface area contributed by atoms with E-state index in [0.29, 0.717) is 9.35 Å². The van der Waals surface area contributed by atoms with Crippen LogP contribution in [0.5, 0.6) is 0 Å². The Labute approximate surface area is 220 Å². The molecule has 2 aliphatic rings. The molecule has 1 aromatic carbocycles. The summed E-state index contributed by atoms with van der Waals surface area (Å²) in [5.74, 6) is -3.15. The van der Waals surface area contributed by atoms with E-state index in [0.717, 1.165) is 16.2 Å². The Morgan fingerprint density at radius 1 is 1.33 bits per heavy atom. The zero-order valence-corrected chi connectivity index (χ0v) is 21.7. The summed E-state index contributed by atoms with van der Waals surface area (Å²) < 4.78 is 5.72. The van der Waals surface area contributed by atoms with Gasteiger partial charge in [0.2, 0.25) is 0 Å². The number of nitrogen functional groups attached to an aromatic ring is 1. The number of halogens is 1. The monoisotopic (exact) mass is 595 g/mol. The Bertz CT molecular complexity index is 1300. The third-order valence-corrected chi connectivity index (χ3v) is 8.02. The summed E-state index contributed by atoms with van der Waals surface area (Å²) in [6.45, 7) is -0.292. The number of rotatable bonds is 8. The number of benzene rings is 1. The highest BCUT2D eigenvalue weighted by molar-refractivity contribution is 9.11. The molecule has 0 bridgehead atoms. The zero-order valence-electron chi connectivity index (χ0n) is 18.5. The Kier molecular flexibility index (Phi) is 7.61. The second kappa shape index (κ2) is 10.7. The smallest absolute Gasteiger partial charge is 0.352 e. The van der Waals surface area contributed by atoms with Gasteiger partial charge in [0.05, 0.1) is 5.56 Å². The molecule has 0 radical (unpaired) electrons. The predicted octanol–water partition coefficient (Wildman–Crippen LogP) is 1.43. The number of nitrogens with two attached hydrogens (primary N) is 1. The van der Waals surface area contributed by atoms with Crippen LogP contribution >= 0.6 is 39.0 Å². The highest BCUT2D eigenvalue weighted by Gasteiger charge is 2.54. The van der Waals surface area contributed by atoms with Crippen molar-refractivity contribution in [2.75, 3.05) is 25.2 Å². The third-order valence-electron chi connectivity index (χ3n) is 5.15. The van der Waals surface area contributed by atoms with E-state index in [1.165, 1.54) is 18.9 Å². The maximum Gasteiger partial charge on any atom is 0.352 e. The molecule has 1 aromatic heterocycles. The molecule has 1 fully saturated rings. The molecule has 12 nitrogen and oxygen atoms in total. The first-order chi connectivity index (χ1) is 17.2. The van der Waals surface area contributed by atoms with Crippen molar-refractivity contribution in [2.45, 2.75) is 11.4 Å². The van der Waals surface area contributed by atoms with Gasteiger partial charge in [-0.05, 0) is 28.1 Å². The minimum absolute atomic E-state index is 0.144. The number of oxime groups is 1. The molecule has 1 saturated heterocycles. The van der Waals surface area contributed by atoms with Crippen molar-refractivity contribution >= 4 is 73.6 Å². The predicted molar refractivity (Wildman–Crippen MR) is 134 cm³/mol. The average molecular weight is 596 g/mol. The van der Waals surface area contributed by atoms with Gasteiger partial charge in [0.15, 0.2) is 10.8 Å². The van der Waals surface area contributed by atoms with Crippen LogP contribution in [0.4, 0.5) is 5.13 Å². The molecule has 0 spiro atoms. The van der Waals surface area contributed by atoms with Gasteiger partial charge in [-0.15, -0.1) is 11.8 Å². The van der Waals surface area contributed by atoms with Crippen LogP contribution in [-0.4, -0.2) is 75.3 Å². The Morgan fingerprint density at radius 2 is 2.06 bits per heavy atom. The van der Waals surface area contributed by atoms with E-state index < -0.39 is 35.2 Å². The fraction of sp³-hybridized carbons (Fsp3) is 0.238. The van der Waals surface area contributed by atoms with E-state index >= 15 is 0 Å². The van der Waals surface area contributed by atoms with E-state index in [-0.39, 0.29) is 40.2 Å². The van der Waals surface area contributed by atoms with E-state index in [2.05, 4.69) is 31.4 Å². The fourth-order valence-electron chi connectivity index (χ4n) is 3.56. The molecule has 3 heterocycles. The molecule has 2 atom stereocenters. The van der Waals surface area contributed by atoms with Crippen LogP contribution < -0.4 is 11.1 Å². The van der Waals surface area contributed by atoms with Crippen LogP contribution in [0.15, 0.2) is 50.5 Å². The van der Waals surface area contributed by atoms with E-state index in [9.17, 15) is 24.3 Å². The quantitative estimate of drug-likeness (QED) is 0.175.